The number of hydrogen-bond acceptors (Lipinski definition) is 0. The van der Waals surface area contributed by atoms with Crippen LogP contribution < -0.4 is 0 Å². The van der Waals surface area contributed by atoms with Crippen molar-refractivity contribution in [2.75, 3.05) is 0 Å². The van der Waals surface area contributed by atoms with E-state index in [1.807, 2.05) is 0 Å². The van der Waals surface area contributed by atoms with Gasteiger partial charge in [0.05, 0.1) is 0 Å². The van der Waals surface area contributed by atoms with Crippen molar-refractivity contribution in [3.05, 3.63) is 0 Å². The Morgan fingerprint density at radius 2 is 1.70 bits per heavy atom. The normalized spacial score (nSPS) is 20.1. The Bertz CT molecular complexity index is 78.8. The minimum atomic E-state index is 0.321. The van der Waals surface area contributed by atoms with Crippen LogP contribution in [0.25, 0.3) is 0 Å². The molecular formula is C9H19Cl. The summed E-state index contributed by atoms with van der Waals surface area (Å²) in [6, 6.07) is 0. The molecule has 10 heavy (non-hydrogen) atoms. The monoisotopic (exact) mass is 162 g/mol. The molecular weight excluding hydrogens is 144 g/mol. The molecule has 0 aliphatic carbocycles. The maximum absolute atomic E-state index is 5.96. The van der Waals surface area contributed by atoms with Crippen molar-refractivity contribution in [2.24, 2.45) is 11.8 Å². The van der Waals surface area contributed by atoms with Gasteiger partial charge >= 0.3 is 0 Å². The second kappa shape index (κ2) is 5.01. The first-order chi connectivity index (χ1) is 4.59. The van der Waals surface area contributed by atoms with Gasteiger partial charge in [0.15, 0.2) is 0 Å². The van der Waals surface area contributed by atoms with Gasteiger partial charge in [-0.25, -0.2) is 0 Å². The fourth-order valence-electron chi connectivity index (χ4n) is 1.17. The summed E-state index contributed by atoms with van der Waals surface area (Å²) in [5.74, 6) is 1.43. The van der Waals surface area contributed by atoms with E-state index in [0.717, 1.165) is 5.92 Å². The van der Waals surface area contributed by atoms with Gasteiger partial charge in [-0.1, -0.05) is 33.6 Å². The molecule has 0 saturated carbocycles. The fraction of sp³-hybridized carbons (Fsp3) is 1.00. The average molecular weight is 163 g/mol. The lowest BCUT2D eigenvalue weighted by Crippen LogP contribution is -2.16. The molecule has 0 fully saturated rings. The molecule has 0 amide bonds. The van der Waals surface area contributed by atoms with E-state index in [9.17, 15) is 0 Å². The third-order valence-electron chi connectivity index (χ3n) is 2.37. The van der Waals surface area contributed by atoms with Gasteiger partial charge in [-0.2, -0.15) is 0 Å². The number of hydrogen-bond donors (Lipinski definition) is 0. The van der Waals surface area contributed by atoms with E-state index < -0.39 is 0 Å². The Morgan fingerprint density at radius 3 is 2.00 bits per heavy atom. The summed E-state index contributed by atoms with van der Waals surface area (Å²) in [5.41, 5.74) is 0. The van der Waals surface area contributed by atoms with E-state index in [2.05, 4.69) is 27.7 Å². The zero-order chi connectivity index (χ0) is 8.15. The van der Waals surface area contributed by atoms with E-state index in [-0.39, 0.29) is 0 Å². The maximum atomic E-state index is 5.96. The number of rotatable bonds is 4. The van der Waals surface area contributed by atoms with E-state index in [4.69, 9.17) is 11.6 Å². The van der Waals surface area contributed by atoms with Gasteiger partial charge in [0.1, 0.15) is 0 Å². The molecule has 0 aromatic carbocycles. The van der Waals surface area contributed by atoms with Gasteiger partial charge in [-0.3, -0.25) is 0 Å². The van der Waals surface area contributed by atoms with Crippen molar-refractivity contribution >= 4 is 11.6 Å². The molecule has 0 bridgehead atoms. The van der Waals surface area contributed by atoms with Crippen LogP contribution in [0.15, 0.2) is 0 Å². The highest BCUT2D eigenvalue weighted by Crippen LogP contribution is 2.22. The highest BCUT2D eigenvalue weighted by atomic mass is 35.5. The molecule has 0 heterocycles. The first-order valence-corrected chi connectivity index (χ1v) is 4.67. The van der Waals surface area contributed by atoms with Crippen LogP contribution in [0.2, 0.25) is 0 Å². The van der Waals surface area contributed by atoms with Crippen molar-refractivity contribution < 1.29 is 0 Å². The molecule has 0 N–H and O–H groups in total. The van der Waals surface area contributed by atoms with Crippen molar-refractivity contribution in [3.8, 4) is 0 Å². The maximum Gasteiger partial charge on any atom is 0.0335 e. The summed E-state index contributed by atoms with van der Waals surface area (Å²) < 4.78 is 0. The molecule has 0 spiro atoms. The topological polar surface area (TPSA) is 0 Å². The third kappa shape index (κ3) is 3.46. The Morgan fingerprint density at radius 1 is 1.20 bits per heavy atom. The van der Waals surface area contributed by atoms with Gasteiger partial charge in [0.2, 0.25) is 0 Å². The van der Waals surface area contributed by atoms with Gasteiger partial charge in [-0.15, -0.1) is 11.6 Å². The van der Waals surface area contributed by atoms with Crippen LogP contribution >= 0.6 is 11.6 Å². The lowest BCUT2D eigenvalue weighted by Gasteiger charge is -2.21. The first-order valence-electron chi connectivity index (χ1n) is 4.23. The largest absolute Gasteiger partial charge is 0.123 e. The Labute approximate surface area is 70.0 Å². The van der Waals surface area contributed by atoms with Gasteiger partial charge in [0, 0.05) is 5.38 Å². The van der Waals surface area contributed by atoms with Crippen LogP contribution in [0.4, 0.5) is 0 Å². The summed E-state index contributed by atoms with van der Waals surface area (Å²) in [6.07, 6.45) is 2.58. The molecule has 0 saturated heterocycles. The van der Waals surface area contributed by atoms with Gasteiger partial charge < -0.3 is 0 Å². The highest BCUT2D eigenvalue weighted by Gasteiger charge is 2.15. The smallest absolute Gasteiger partial charge is 0.0335 e. The molecule has 1 heteroatoms. The first kappa shape index (κ1) is 10.3. The molecule has 3 unspecified atom stereocenters. The summed E-state index contributed by atoms with van der Waals surface area (Å²) in [7, 11) is 0. The quantitative estimate of drug-likeness (QED) is 0.554. The predicted octanol–water partition coefficient (Wildman–Crippen LogP) is 3.69. The summed E-state index contributed by atoms with van der Waals surface area (Å²) in [4.78, 5) is 0. The average Bonchev–Trinajstić information content (AvgIpc) is 1.87. The molecule has 0 radical (unpaired) electrons. The van der Waals surface area contributed by atoms with Crippen LogP contribution in [0.1, 0.15) is 40.5 Å². The minimum absolute atomic E-state index is 0.321. The second-order valence-corrected chi connectivity index (χ2v) is 3.99. The molecule has 0 rings (SSSR count). The van der Waals surface area contributed by atoms with Crippen molar-refractivity contribution in [1.82, 2.24) is 0 Å². The molecule has 0 aromatic rings. The molecule has 0 aliphatic rings. The Hall–Kier alpha value is 0.290. The lowest BCUT2D eigenvalue weighted by atomic mass is 9.90. The summed E-state index contributed by atoms with van der Waals surface area (Å²) in [5, 5.41) is 0.321. The molecule has 3 atom stereocenters. The van der Waals surface area contributed by atoms with Crippen LogP contribution in [-0.4, -0.2) is 5.38 Å². The van der Waals surface area contributed by atoms with E-state index in [1.165, 1.54) is 12.8 Å². The Balaban J connectivity index is 3.58. The lowest BCUT2D eigenvalue weighted by molar-refractivity contribution is 0.357. The van der Waals surface area contributed by atoms with Crippen molar-refractivity contribution in [3.63, 3.8) is 0 Å². The van der Waals surface area contributed by atoms with Crippen LogP contribution in [0, 0.1) is 11.8 Å². The van der Waals surface area contributed by atoms with Crippen molar-refractivity contribution in [1.29, 1.82) is 0 Å². The molecule has 0 nitrogen and oxygen atoms in total. The van der Waals surface area contributed by atoms with Gasteiger partial charge in [-0.05, 0) is 18.8 Å². The van der Waals surface area contributed by atoms with E-state index >= 15 is 0 Å². The third-order valence-corrected chi connectivity index (χ3v) is 2.76. The second-order valence-electron chi connectivity index (χ2n) is 3.30. The number of alkyl halides is 1. The summed E-state index contributed by atoms with van der Waals surface area (Å²) >= 11 is 5.96. The SMILES string of the molecule is CCCC(C)C(C)C(C)Cl. The van der Waals surface area contributed by atoms with Crippen LogP contribution in [-0.2, 0) is 0 Å². The predicted molar refractivity (Wildman–Crippen MR) is 48.6 cm³/mol. The van der Waals surface area contributed by atoms with Crippen LogP contribution in [0.3, 0.4) is 0 Å². The standard InChI is InChI=1S/C9H19Cl/c1-5-6-7(2)8(3)9(4)10/h7-9H,5-6H2,1-4H3. The Kier molecular flexibility index (Phi) is 5.15. The highest BCUT2D eigenvalue weighted by molar-refractivity contribution is 6.20. The summed E-state index contributed by atoms with van der Waals surface area (Å²) in [6.45, 7) is 8.82. The van der Waals surface area contributed by atoms with Gasteiger partial charge in [0.25, 0.3) is 0 Å². The zero-order valence-corrected chi connectivity index (χ0v) is 8.28. The number of halogens is 1. The van der Waals surface area contributed by atoms with E-state index in [0.29, 0.717) is 11.3 Å². The molecule has 62 valence electrons. The molecule has 0 aliphatic heterocycles. The van der Waals surface area contributed by atoms with Crippen molar-refractivity contribution in [2.45, 2.75) is 45.9 Å². The van der Waals surface area contributed by atoms with Crippen LogP contribution in [0.5, 0.6) is 0 Å². The van der Waals surface area contributed by atoms with E-state index in [1.54, 1.807) is 0 Å². The molecule has 0 aromatic heterocycles. The fourth-order valence-corrected chi connectivity index (χ4v) is 1.42. The minimum Gasteiger partial charge on any atom is -0.123 e. The zero-order valence-electron chi connectivity index (χ0n) is 7.52.